The van der Waals surface area contributed by atoms with Crippen LogP contribution in [0, 0.1) is 12.7 Å². The van der Waals surface area contributed by atoms with Crippen LogP contribution in [0.4, 0.5) is 26.4 Å². The van der Waals surface area contributed by atoms with Gasteiger partial charge in [0.1, 0.15) is 11.6 Å². The van der Waals surface area contributed by atoms with Crippen LogP contribution in [0.15, 0.2) is 60.8 Å². The molecule has 0 spiro atoms. The normalized spacial score (nSPS) is 13.9. The predicted octanol–water partition coefficient (Wildman–Crippen LogP) is 5.18. The van der Waals surface area contributed by atoms with Gasteiger partial charge in [-0.05, 0) is 55.8 Å². The first-order valence-corrected chi connectivity index (χ1v) is 11.4. The van der Waals surface area contributed by atoms with Crippen molar-refractivity contribution in [3.63, 3.8) is 0 Å². The second kappa shape index (κ2) is 10.5. The summed E-state index contributed by atoms with van der Waals surface area (Å²) < 4.78 is 13.3. The number of amides is 3. The van der Waals surface area contributed by atoms with Crippen molar-refractivity contribution in [3.05, 3.63) is 82.8 Å². The van der Waals surface area contributed by atoms with E-state index in [1.54, 1.807) is 12.3 Å². The number of benzene rings is 2. The Morgan fingerprint density at radius 2 is 1.68 bits per heavy atom. The number of carbonyl (C=O) groups is 2. The third-order valence-electron chi connectivity index (χ3n) is 5.59. The lowest BCUT2D eigenvalue weighted by Gasteiger charge is -2.23. The molecule has 34 heavy (non-hydrogen) atoms. The lowest BCUT2D eigenvalue weighted by Crippen LogP contribution is -2.35. The molecule has 7 nitrogen and oxygen atoms in total. The van der Waals surface area contributed by atoms with Gasteiger partial charge in [0, 0.05) is 37.4 Å². The molecule has 4 rings (SSSR count). The van der Waals surface area contributed by atoms with E-state index in [0.717, 1.165) is 24.3 Å². The number of pyridine rings is 1. The fourth-order valence-corrected chi connectivity index (χ4v) is 3.92. The summed E-state index contributed by atoms with van der Waals surface area (Å²) in [5, 5.41) is 5.22. The number of carbonyl (C=O) groups excluding carboxylic acids is 2. The number of rotatable bonds is 4. The molecule has 1 aliphatic heterocycles. The van der Waals surface area contributed by atoms with E-state index < -0.39 is 11.8 Å². The van der Waals surface area contributed by atoms with Crippen molar-refractivity contribution >= 4 is 40.7 Å². The quantitative estimate of drug-likeness (QED) is 0.538. The molecule has 2 N–H and O–H groups in total. The fraction of sp³-hybridized carbons (Fsp3) is 0.240. The predicted molar refractivity (Wildman–Crippen MR) is 132 cm³/mol. The summed E-state index contributed by atoms with van der Waals surface area (Å²) in [4.78, 5) is 33.5. The first-order chi connectivity index (χ1) is 16.4. The average molecular weight is 482 g/mol. The first-order valence-electron chi connectivity index (χ1n) is 11.0. The van der Waals surface area contributed by atoms with E-state index in [2.05, 4.69) is 20.5 Å². The van der Waals surface area contributed by atoms with Crippen LogP contribution in [0.3, 0.4) is 0 Å². The summed E-state index contributed by atoms with van der Waals surface area (Å²) in [6, 6.07) is 14.7. The van der Waals surface area contributed by atoms with Crippen molar-refractivity contribution in [1.82, 2.24) is 9.88 Å². The number of nitrogens with zero attached hydrogens (tertiary/aromatic N) is 3. The lowest BCUT2D eigenvalue weighted by atomic mass is 10.1. The van der Waals surface area contributed by atoms with E-state index in [1.807, 2.05) is 42.2 Å². The van der Waals surface area contributed by atoms with Crippen molar-refractivity contribution in [2.24, 2.45) is 0 Å². The zero-order valence-electron chi connectivity index (χ0n) is 18.7. The molecule has 0 unspecified atom stereocenters. The van der Waals surface area contributed by atoms with Gasteiger partial charge >= 0.3 is 6.03 Å². The molecule has 176 valence electrons. The number of halogens is 2. The highest BCUT2D eigenvalue weighted by Crippen LogP contribution is 2.20. The highest BCUT2D eigenvalue weighted by Gasteiger charge is 2.21. The van der Waals surface area contributed by atoms with Gasteiger partial charge in [-0.3, -0.25) is 4.79 Å². The number of hydrogen-bond donors (Lipinski definition) is 2. The number of aryl methyl sites for hydroxylation is 1. The second-order valence-corrected chi connectivity index (χ2v) is 8.52. The minimum Gasteiger partial charge on any atom is -0.355 e. The van der Waals surface area contributed by atoms with Crippen LogP contribution < -0.4 is 15.5 Å². The molecule has 0 bridgehead atoms. The van der Waals surface area contributed by atoms with Crippen LogP contribution in [0.25, 0.3) is 0 Å². The number of urea groups is 1. The van der Waals surface area contributed by atoms with Gasteiger partial charge in [-0.2, -0.15) is 0 Å². The topological polar surface area (TPSA) is 77.6 Å². The maximum Gasteiger partial charge on any atom is 0.323 e. The number of aromatic nitrogens is 1. The molecule has 3 amide bonds. The summed E-state index contributed by atoms with van der Waals surface area (Å²) in [7, 11) is 0. The Morgan fingerprint density at radius 3 is 2.38 bits per heavy atom. The molecule has 1 fully saturated rings. The minimum absolute atomic E-state index is 0.0443. The standard InChI is InChI=1S/C25H25ClFN5O2/c1-17-3-5-18(6-4-17)24(33)32-12-2-11-31(13-14-32)23-10-8-20(16-28-23)30-25(34)29-19-7-9-22(27)21(26)15-19/h3-10,15-16H,2,11-14H2,1H3,(H2,29,30,34). The molecular formula is C25H25ClFN5O2. The first kappa shape index (κ1) is 23.5. The van der Waals surface area contributed by atoms with Gasteiger partial charge in [0.25, 0.3) is 5.91 Å². The van der Waals surface area contributed by atoms with Gasteiger partial charge < -0.3 is 20.4 Å². The molecule has 0 aliphatic carbocycles. The second-order valence-electron chi connectivity index (χ2n) is 8.11. The van der Waals surface area contributed by atoms with E-state index in [9.17, 15) is 14.0 Å². The van der Waals surface area contributed by atoms with Crippen molar-refractivity contribution in [2.75, 3.05) is 41.7 Å². The van der Waals surface area contributed by atoms with Crippen molar-refractivity contribution in [1.29, 1.82) is 0 Å². The van der Waals surface area contributed by atoms with Crippen LogP contribution in [-0.4, -0.2) is 48.0 Å². The maximum absolute atomic E-state index is 13.3. The van der Waals surface area contributed by atoms with E-state index in [4.69, 9.17) is 11.6 Å². The van der Waals surface area contributed by atoms with Gasteiger partial charge in [0.05, 0.1) is 16.9 Å². The molecular weight excluding hydrogens is 457 g/mol. The highest BCUT2D eigenvalue weighted by molar-refractivity contribution is 6.31. The molecule has 2 heterocycles. The summed E-state index contributed by atoms with van der Waals surface area (Å²) in [5.74, 6) is 0.271. The zero-order chi connectivity index (χ0) is 24.1. The number of nitrogens with one attached hydrogen (secondary N) is 2. The van der Waals surface area contributed by atoms with Crippen LogP contribution in [-0.2, 0) is 0 Å². The molecule has 0 radical (unpaired) electrons. The summed E-state index contributed by atoms with van der Waals surface area (Å²) >= 11 is 5.74. The molecule has 0 atom stereocenters. The Bertz CT molecular complexity index is 1170. The van der Waals surface area contributed by atoms with Crippen molar-refractivity contribution in [3.8, 4) is 0 Å². The maximum atomic E-state index is 13.3. The molecule has 3 aromatic rings. The third kappa shape index (κ3) is 5.82. The molecule has 2 aromatic carbocycles. The van der Waals surface area contributed by atoms with Crippen molar-refractivity contribution in [2.45, 2.75) is 13.3 Å². The molecule has 1 aliphatic rings. The van der Waals surface area contributed by atoms with Gasteiger partial charge in [0.15, 0.2) is 0 Å². The van der Waals surface area contributed by atoms with Gasteiger partial charge in [0.2, 0.25) is 0 Å². The van der Waals surface area contributed by atoms with Crippen LogP contribution >= 0.6 is 11.6 Å². The lowest BCUT2D eigenvalue weighted by molar-refractivity contribution is 0.0767. The Labute approximate surface area is 202 Å². The van der Waals surface area contributed by atoms with Crippen molar-refractivity contribution < 1.29 is 14.0 Å². The summed E-state index contributed by atoms with van der Waals surface area (Å²) in [5.41, 5.74) is 2.72. The van der Waals surface area contributed by atoms with Crippen LogP contribution in [0.1, 0.15) is 22.3 Å². The monoisotopic (exact) mass is 481 g/mol. The fourth-order valence-electron chi connectivity index (χ4n) is 3.74. The van der Waals surface area contributed by atoms with Gasteiger partial charge in [-0.1, -0.05) is 29.3 Å². The molecule has 1 aromatic heterocycles. The zero-order valence-corrected chi connectivity index (χ0v) is 19.5. The van der Waals surface area contributed by atoms with Crippen LogP contribution in [0.2, 0.25) is 5.02 Å². The molecule has 0 saturated carbocycles. The van der Waals surface area contributed by atoms with E-state index in [0.29, 0.717) is 36.6 Å². The molecule has 9 heteroatoms. The van der Waals surface area contributed by atoms with E-state index in [1.165, 1.54) is 18.2 Å². The SMILES string of the molecule is Cc1ccc(C(=O)N2CCCN(c3ccc(NC(=O)Nc4ccc(F)c(Cl)c4)cn3)CC2)cc1. The van der Waals surface area contributed by atoms with E-state index in [-0.39, 0.29) is 10.9 Å². The average Bonchev–Trinajstić information content (AvgIpc) is 3.08. The number of anilines is 3. The Balaban J connectivity index is 1.32. The summed E-state index contributed by atoms with van der Waals surface area (Å²) in [6.07, 6.45) is 2.41. The van der Waals surface area contributed by atoms with Gasteiger partial charge in [-0.25, -0.2) is 14.2 Å². The summed E-state index contributed by atoms with van der Waals surface area (Å²) in [6.45, 7) is 4.75. The third-order valence-corrected chi connectivity index (χ3v) is 5.88. The Morgan fingerprint density at radius 1 is 0.941 bits per heavy atom. The Kier molecular flexibility index (Phi) is 7.27. The van der Waals surface area contributed by atoms with Gasteiger partial charge in [-0.15, -0.1) is 0 Å². The number of hydrogen-bond acceptors (Lipinski definition) is 4. The van der Waals surface area contributed by atoms with E-state index >= 15 is 0 Å². The Hall–Kier alpha value is -3.65. The largest absolute Gasteiger partial charge is 0.355 e. The highest BCUT2D eigenvalue weighted by atomic mass is 35.5. The smallest absolute Gasteiger partial charge is 0.323 e. The molecule has 1 saturated heterocycles. The minimum atomic E-state index is -0.552. The van der Waals surface area contributed by atoms with Crippen LogP contribution in [0.5, 0.6) is 0 Å².